The molecule has 0 heterocycles. The van der Waals surface area contributed by atoms with Crippen LogP contribution < -0.4 is 4.84 Å². The van der Waals surface area contributed by atoms with Crippen molar-refractivity contribution in [2.75, 3.05) is 6.54 Å². The first-order valence-corrected chi connectivity index (χ1v) is 7.02. The van der Waals surface area contributed by atoms with Crippen molar-refractivity contribution in [1.82, 2.24) is 5.06 Å². The van der Waals surface area contributed by atoms with Gasteiger partial charge in [0.2, 0.25) is 0 Å². The van der Waals surface area contributed by atoms with E-state index in [0.717, 1.165) is 14.9 Å². The SMILES string of the molecule is CCN(Oc1ccc(Sc2ccccc2)cc1)C(=O)O. The highest BCUT2D eigenvalue weighted by molar-refractivity contribution is 7.99. The van der Waals surface area contributed by atoms with Crippen molar-refractivity contribution in [3.63, 3.8) is 0 Å². The van der Waals surface area contributed by atoms with Gasteiger partial charge in [-0.2, -0.15) is 0 Å². The van der Waals surface area contributed by atoms with Crippen LogP contribution in [0.25, 0.3) is 0 Å². The topological polar surface area (TPSA) is 49.8 Å². The molecule has 0 saturated carbocycles. The van der Waals surface area contributed by atoms with Crippen LogP contribution in [0.4, 0.5) is 4.79 Å². The third kappa shape index (κ3) is 3.93. The minimum Gasteiger partial charge on any atom is -0.463 e. The van der Waals surface area contributed by atoms with Crippen LogP contribution in [0.3, 0.4) is 0 Å². The van der Waals surface area contributed by atoms with E-state index in [1.54, 1.807) is 30.8 Å². The number of nitrogens with zero attached hydrogens (tertiary/aromatic N) is 1. The minimum absolute atomic E-state index is 0.274. The molecule has 104 valence electrons. The number of rotatable bonds is 5. The molecule has 0 aromatic heterocycles. The van der Waals surface area contributed by atoms with Crippen LogP contribution in [0, 0.1) is 0 Å². The summed E-state index contributed by atoms with van der Waals surface area (Å²) in [5.74, 6) is 0.506. The Balaban J connectivity index is 2.01. The Hall–Kier alpha value is -2.14. The van der Waals surface area contributed by atoms with Gasteiger partial charge in [0, 0.05) is 9.79 Å². The molecule has 0 aliphatic rings. The van der Waals surface area contributed by atoms with E-state index < -0.39 is 6.09 Å². The van der Waals surface area contributed by atoms with Crippen LogP contribution in [-0.4, -0.2) is 22.8 Å². The van der Waals surface area contributed by atoms with Gasteiger partial charge >= 0.3 is 6.09 Å². The van der Waals surface area contributed by atoms with Crippen molar-refractivity contribution >= 4 is 17.9 Å². The second-order valence-corrected chi connectivity index (χ2v) is 5.10. The largest absolute Gasteiger partial charge is 0.463 e. The van der Waals surface area contributed by atoms with Crippen LogP contribution in [0.5, 0.6) is 5.75 Å². The van der Waals surface area contributed by atoms with E-state index in [4.69, 9.17) is 9.94 Å². The molecule has 0 spiro atoms. The summed E-state index contributed by atoms with van der Waals surface area (Å²) in [4.78, 5) is 18.3. The lowest BCUT2D eigenvalue weighted by atomic mass is 10.3. The quantitative estimate of drug-likeness (QED) is 0.841. The molecule has 2 rings (SSSR count). The highest BCUT2D eigenvalue weighted by Crippen LogP contribution is 2.28. The maximum atomic E-state index is 10.8. The smallest absolute Gasteiger partial charge is 0.440 e. The molecule has 2 aromatic carbocycles. The normalized spacial score (nSPS) is 10.1. The zero-order valence-corrected chi connectivity index (χ0v) is 11.8. The molecule has 1 amide bonds. The van der Waals surface area contributed by atoms with E-state index in [0.29, 0.717) is 5.75 Å². The minimum atomic E-state index is -1.10. The van der Waals surface area contributed by atoms with Gasteiger partial charge < -0.3 is 9.94 Å². The Morgan fingerprint density at radius 2 is 1.70 bits per heavy atom. The van der Waals surface area contributed by atoms with E-state index in [2.05, 4.69) is 0 Å². The Morgan fingerprint density at radius 3 is 2.25 bits per heavy atom. The Labute approximate surface area is 121 Å². The van der Waals surface area contributed by atoms with E-state index in [1.807, 2.05) is 42.5 Å². The lowest BCUT2D eigenvalue weighted by Gasteiger charge is -2.17. The van der Waals surface area contributed by atoms with Crippen molar-refractivity contribution in [2.45, 2.75) is 16.7 Å². The molecule has 0 bridgehead atoms. The summed E-state index contributed by atoms with van der Waals surface area (Å²) in [7, 11) is 0. The van der Waals surface area contributed by atoms with Gasteiger partial charge in [-0.25, -0.2) is 4.79 Å². The molecule has 0 unspecified atom stereocenters. The molecular weight excluding hydrogens is 274 g/mol. The van der Waals surface area contributed by atoms with Gasteiger partial charge in [0.05, 0.1) is 6.54 Å². The monoisotopic (exact) mass is 289 g/mol. The molecule has 0 aliphatic heterocycles. The van der Waals surface area contributed by atoms with Crippen molar-refractivity contribution in [3.05, 3.63) is 54.6 Å². The summed E-state index contributed by atoms with van der Waals surface area (Å²) in [6, 6.07) is 17.4. The first-order chi connectivity index (χ1) is 9.69. The van der Waals surface area contributed by atoms with Gasteiger partial charge in [0.15, 0.2) is 5.75 Å². The van der Waals surface area contributed by atoms with E-state index in [1.165, 1.54) is 0 Å². The maximum Gasteiger partial charge on any atom is 0.440 e. The van der Waals surface area contributed by atoms with Gasteiger partial charge in [-0.15, -0.1) is 5.06 Å². The second kappa shape index (κ2) is 6.86. The summed E-state index contributed by atoms with van der Waals surface area (Å²) in [5.41, 5.74) is 0. The molecule has 2 aromatic rings. The van der Waals surface area contributed by atoms with E-state index >= 15 is 0 Å². The van der Waals surface area contributed by atoms with Crippen molar-refractivity contribution < 1.29 is 14.7 Å². The molecule has 0 radical (unpaired) electrons. The lowest BCUT2D eigenvalue weighted by Crippen LogP contribution is -2.32. The highest BCUT2D eigenvalue weighted by atomic mass is 32.2. The molecule has 0 atom stereocenters. The number of benzene rings is 2. The van der Waals surface area contributed by atoms with Crippen LogP contribution in [0.15, 0.2) is 64.4 Å². The fourth-order valence-electron chi connectivity index (χ4n) is 1.56. The van der Waals surface area contributed by atoms with Gasteiger partial charge in [-0.3, -0.25) is 0 Å². The zero-order valence-electron chi connectivity index (χ0n) is 11.0. The van der Waals surface area contributed by atoms with Crippen molar-refractivity contribution in [2.24, 2.45) is 0 Å². The average Bonchev–Trinajstić information content (AvgIpc) is 2.47. The summed E-state index contributed by atoms with van der Waals surface area (Å²) >= 11 is 1.64. The first kappa shape index (κ1) is 14.3. The van der Waals surface area contributed by atoms with Gasteiger partial charge in [-0.05, 0) is 43.3 Å². The fraction of sp³-hybridized carbons (Fsp3) is 0.133. The number of hydrogen-bond donors (Lipinski definition) is 1. The molecule has 0 aliphatic carbocycles. The van der Waals surface area contributed by atoms with Crippen LogP contribution in [-0.2, 0) is 0 Å². The number of hydrogen-bond acceptors (Lipinski definition) is 3. The molecule has 20 heavy (non-hydrogen) atoms. The average molecular weight is 289 g/mol. The summed E-state index contributed by atoms with van der Waals surface area (Å²) in [6.45, 7) is 1.99. The molecule has 1 N–H and O–H groups in total. The third-order valence-electron chi connectivity index (χ3n) is 2.52. The summed E-state index contributed by atoms with van der Waals surface area (Å²) in [5, 5.41) is 9.77. The number of hydroxylamine groups is 2. The third-order valence-corrected chi connectivity index (χ3v) is 3.53. The number of carboxylic acid groups (broad SMARTS) is 1. The molecule has 0 saturated heterocycles. The van der Waals surface area contributed by atoms with E-state index in [9.17, 15) is 4.79 Å². The number of amides is 1. The first-order valence-electron chi connectivity index (χ1n) is 6.20. The fourth-order valence-corrected chi connectivity index (χ4v) is 2.40. The zero-order chi connectivity index (χ0) is 14.4. The second-order valence-electron chi connectivity index (χ2n) is 3.96. The molecular formula is C15H15NO3S. The summed E-state index contributed by atoms with van der Waals surface area (Å²) in [6.07, 6.45) is -1.10. The van der Waals surface area contributed by atoms with Crippen LogP contribution in [0.1, 0.15) is 6.92 Å². The standard InChI is InChI=1S/C15H15NO3S/c1-2-16(15(17)18)19-12-8-10-14(11-9-12)20-13-6-4-3-5-7-13/h3-11H,2H2,1H3,(H,17,18). The Kier molecular flexibility index (Phi) is 4.90. The number of carbonyl (C=O) groups is 1. The van der Waals surface area contributed by atoms with Crippen LogP contribution in [0.2, 0.25) is 0 Å². The Bertz CT molecular complexity index is 557. The summed E-state index contributed by atoms with van der Waals surface area (Å²) < 4.78 is 0. The molecule has 4 nitrogen and oxygen atoms in total. The van der Waals surface area contributed by atoms with Crippen molar-refractivity contribution in [3.8, 4) is 5.75 Å². The molecule has 0 fully saturated rings. The van der Waals surface area contributed by atoms with Gasteiger partial charge in [0.25, 0.3) is 0 Å². The maximum absolute atomic E-state index is 10.8. The van der Waals surface area contributed by atoms with Gasteiger partial charge in [-0.1, -0.05) is 30.0 Å². The molecule has 5 heteroatoms. The predicted octanol–water partition coefficient (Wildman–Crippen LogP) is 4.13. The van der Waals surface area contributed by atoms with E-state index in [-0.39, 0.29) is 6.54 Å². The van der Waals surface area contributed by atoms with Crippen LogP contribution >= 0.6 is 11.8 Å². The highest BCUT2D eigenvalue weighted by Gasteiger charge is 2.11. The van der Waals surface area contributed by atoms with Crippen molar-refractivity contribution in [1.29, 1.82) is 0 Å². The lowest BCUT2D eigenvalue weighted by molar-refractivity contribution is -0.0315. The predicted molar refractivity (Wildman–Crippen MR) is 78.0 cm³/mol. The Morgan fingerprint density at radius 1 is 1.10 bits per heavy atom. The van der Waals surface area contributed by atoms with Gasteiger partial charge in [0.1, 0.15) is 0 Å².